The van der Waals surface area contributed by atoms with Crippen molar-refractivity contribution in [3.05, 3.63) is 173 Å². The van der Waals surface area contributed by atoms with Crippen molar-refractivity contribution in [3.63, 3.8) is 0 Å². The number of rotatable bonds is 5. The molecule has 0 atom stereocenters. The predicted octanol–water partition coefficient (Wildman–Crippen LogP) is -0.415. The molecule has 0 bridgehead atoms. The van der Waals surface area contributed by atoms with E-state index in [9.17, 15) is 52.2 Å². The summed E-state index contributed by atoms with van der Waals surface area (Å²) < 4.78 is 52.7. The van der Waals surface area contributed by atoms with E-state index in [1.54, 1.807) is 35.4 Å². The Morgan fingerprint density at radius 3 is 1.80 bits per heavy atom. The van der Waals surface area contributed by atoms with Gasteiger partial charge in [0.05, 0.1) is 33.4 Å². The third-order valence-corrected chi connectivity index (χ3v) is 6.78. The molecule has 1 aliphatic rings. The second kappa shape index (κ2) is 28.5. The number of benzene rings is 3. The molecule has 2 aromatic heterocycles. The number of pyridine rings is 2. The van der Waals surface area contributed by atoms with E-state index in [-0.39, 0.29) is 176 Å². The van der Waals surface area contributed by atoms with Gasteiger partial charge >= 0.3 is 138 Å². The fourth-order valence-electron chi connectivity index (χ4n) is 4.30. The maximum absolute atomic E-state index is 13.6. The molecule has 56 heavy (non-hydrogen) atoms. The molecular weight excluding hydrogens is 992 g/mol. The first-order valence-electron chi connectivity index (χ1n) is 15.3. The van der Waals surface area contributed by atoms with E-state index in [0.29, 0.717) is 30.8 Å². The van der Waals surface area contributed by atoms with Crippen molar-refractivity contribution < 1.29 is 188 Å². The Morgan fingerprint density at radius 2 is 1.34 bits per heavy atom. The molecule has 3 heterocycles. The second-order valence-electron chi connectivity index (χ2n) is 10.5. The summed E-state index contributed by atoms with van der Waals surface area (Å²) in [5, 5.41) is 28.8. The summed E-state index contributed by atoms with van der Waals surface area (Å²) in [4.78, 5) is 67.5. The number of non-ortho nitro benzene ring substituents is 2. The minimum Gasteiger partial charge on any atom is -1.00 e. The summed E-state index contributed by atoms with van der Waals surface area (Å²) >= 11 is 0. The van der Waals surface area contributed by atoms with Gasteiger partial charge in [-0.2, -0.15) is 0 Å². The zero-order valence-electron chi connectivity index (χ0n) is 31.1. The molecule has 1 fully saturated rings. The fraction of sp³-hybridized carbons (Fsp3) is 0.143. The molecule has 1 N–H and O–H groups in total. The zero-order chi connectivity index (χ0) is 40.2. The van der Waals surface area contributed by atoms with Crippen LogP contribution in [0.15, 0.2) is 113 Å². The summed E-state index contributed by atoms with van der Waals surface area (Å²) in [6.45, 7) is 2.30. The number of nitrogens with zero attached hydrogens (tertiary/aromatic N) is 4. The Labute approximate surface area is 436 Å². The standard InChI is InChI=1S/C12H14FNO.C11H7FN2O3.C6H3F2NO2.C5H5NO.CH2O3.2Cs.H2.H/c1-9-5-6-11(10(13)8-9)14-7-3-2-4-12(14)15;12-9-7-8(14(16)17)4-5-10(9)13-6-2-1-3-11(13)15;7-5-2-1-4(9(10)11)3-6(5)8;7-5-3-1-2-4-6-5;2-1-4-3;;;;/h5-6,8H,2-4,7H2,1H3;1-7H;1-3H;1-4H,(H,6,7);1,3H;;;1H;/q;;;;;2*+1;;-1/p-1. The normalized spacial score (nSPS) is 11.0. The Kier molecular flexibility index (Phi) is 27.0. The van der Waals surface area contributed by atoms with E-state index >= 15 is 0 Å². The van der Waals surface area contributed by atoms with Gasteiger partial charge in [0.1, 0.15) is 5.82 Å². The van der Waals surface area contributed by atoms with Crippen LogP contribution in [0.1, 0.15) is 27.7 Å². The molecule has 0 unspecified atom stereocenters. The van der Waals surface area contributed by atoms with E-state index < -0.39 is 38.5 Å². The van der Waals surface area contributed by atoms with Crippen LogP contribution in [-0.4, -0.2) is 38.3 Å². The van der Waals surface area contributed by atoms with Crippen LogP contribution in [-0.2, 0) is 14.5 Å². The molecular formula is C35H33Cs2F4N5O10. The largest absolute Gasteiger partial charge is 1.00 e. The number of piperidine rings is 1. The summed E-state index contributed by atoms with van der Waals surface area (Å²) in [7, 11) is 0. The van der Waals surface area contributed by atoms with Gasteiger partial charge in [-0.05, 0) is 61.7 Å². The van der Waals surface area contributed by atoms with Crippen molar-refractivity contribution in [2.24, 2.45) is 0 Å². The number of nitro groups is 2. The maximum Gasteiger partial charge on any atom is 1.00 e. The fourth-order valence-corrected chi connectivity index (χ4v) is 4.30. The van der Waals surface area contributed by atoms with Crippen LogP contribution in [0.3, 0.4) is 0 Å². The third kappa shape index (κ3) is 18.6. The number of amides is 1. The number of nitro benzene ring substituents is 2. The number of hydrogen-bond acceptors (Lipinski definition) is 10. The summed E-state index contributed by atoms with van der Waals surface area (Å²) in [6.07, 6.45) is 5.41. The first kappa shape index (κ1) is 53.1. The van der Waals surface area contributed by atoms with Gasteiger partial charge in [0.25, 0.3) is 23.4 Å². The molecule has 0 aliphatic carbocycles. The van der Waals surface area contributed by atoms with Crippen molar-refractivity contribution in [3.8, 4) is 5.69 Å². The van der Waals surface area contributed by atoms with Crippen LogP contribution in [0.5, 0.6) is 0 Å². The summed E-state index contributed by atoms with van der Waals surface area (Å²) in [5.74, 6) is -3.38. The first-order chi connectivity index (χ1) is 25.7. The molecule has 0 spiro atoms. The quantitative estimate of drug-likeness (QED) is 0.0791. The van der Waals surface area contributed by atoms with Crippen LogP contribution < -0.4 is 159 Å². The average molecular weight is 1030 g/mol. The van der Waals surface area contributed by atoms with Crippen molar-refractivity contribution in [1.29, 1.82) is 0 Å². The molecule has 1 amide bonds. The monoisotopic (exact) mass is 1030 g/mol. The first-order valence-corrected chi connectivity index (χ1v) is 15.3. The third-order valence-electron chi connectivity index (χ3n) is 6.78. The Morgan fingerprint density at radius 1 is 0.768 bits per heavy atom. The van der Waals surface area contributed by atoms with E-state index in [0.717, 1.165) is 41.2 Å². The van der Waals surface area contributed by atoms with Gasteiger partial charge in [0.2, 0.25) is 11.5 Å². The van der Waals surface area contributed by atoms with Gasteiger partial charge in [0, 0.05) is 51.1 Å². The van der Waals surface area contributed by atoms with E-state index in [1.165, 1.54) is 36.5 Å². The van der Waals surface area contributed by atoms with Crippen LogP contribution >= 0.6 is 0 Å². The smallest absolute Gasteiger partial charge is 1.00 e. The number of H-pyrrole nitrogens is 1. The minimum atomic E-state index is -1.21. The molecule has 5 aromatic rings. The van der Waals surface area contributed by atoms with Crippen molar-refractivity contribution >= 4 is 29.4 Å². The van der Waals surface area contributed by atoms with E-state index in [4.69, 9.17) is 10.1 Å². The topological polar surface area (TPSA) is 211 Å². The second-order valence-corrected chi connectivity index (χ2v) is 10.5. The number of aromatic amines is 1. The van der Waals surface area contributed by atoms with Crippen molar-refractivity contribution in [1.82, 2.24) is 9.55 Å². The number of halogens is 4. The average Bonchev–Trinajstić information content (AvgIpc) is 3.15. The molecule has 21 heteroatoms. The van der Waals surface area contributed by atoms with Crippen LogP contribution in [0, 0.1) is 50.4 Å². The van der Waals surface area contributed by atoms with Gasteiger partial charge in [0.15, 0.2) is 17.5 Å². The van der Waals surface area contributed by atoms with Crippen LogP contribution in [0.25, 0.3) is 5.69 Å². The summed E-state index contributed by atoms with van der Waals surface area (Å²) in [5.41, 5.74) is 0.0223. The molecule has 1 aliphatic heterocycles. The Hall–Kier alpha value is -2.92. The maximum atomic E-state index is 13.6. The summed E-state index contributed by atoms with van der Waals surface area (Å²) in [6, 6.07) is 19.6. The number of hydrogen-bond donors (Lipinski definition) is 1. The zero-order valence-corrected chi connectivity index (χ0v) is 42.7. The van der Waals surface area contributed by atoms with Gasteiger partial charge < -0.3 is 21.5 Å². The molecule has 15 nitrogen and oxygen atoms in total. The molecule has 0 radical (unpaired) electrons. The SMILES string of the molecule is Cc1ccc(N2CCCCC2=O)c(F)c1.O=CO[O-].O=[N+]([O-])c1ccc(F)c(F)c1.O=c1cccc[nH]1.O=c1ccccn1-c1ccc([N+](=O)[O-])cc1F.[Cs+].[Cs+].[H-].[HH]. The van der Waals surface area contributed by atoms with Gasteiger partial charge in [-0.25, -0.2) is 17.6 Å². The molecule has 6 rings (SSSR count). The Balaban J connectivity index is -0.000000681. The van der Waals surface area contributed by atoms with E-state index in [1.807, 2.05) is 13.0 Å². The van der Waals surface area contributed by atoms with Gasteiger partial charge in [-0.1, -0.05) is 18.2 Å². The van der Waals surface area contributed by atoms with Gasteiger partial charge in [-0.3, -0.25) is 44.0 Å². The molecule has 288 valence electrons. The molecule has 1 saturated heterocycles. The number of carbonyl (C=O) groups is 2. The van der Waals surface area contributed by atoms with Crippen LogP contribution in [0.4, 0.5) is 34.6 Å². The number of carbonyl (C=O) groups excluding carboxylic acids is 2. The number of aromatic nitrogens is 2. The predicted molar refractivity (Wildman–Crippen MR) is 186 cm³/mol. The number of aryl methyl sites for hydroxylation is 1. The Bertz CT molecular complexity index is 2170. The molecule has 0 saturated carbocycles. The van der Waals surface area contributed by atoms with Crippen LogP contribution in [0.2, 0.25) is 0 Å². The van der Waals surface area contributed by atoms with Crippen molar-refractivity contribution in [2.45, 2.75) is 26.2 Å². The minimum absolute atomic E-state index is 0. The number of anilines is 1. The van der Waals surface area contributed by atoms with Gasteiger partial charge in [-0.15, -0.1) is 0 Å². The molecule has 3 aromatic carbocycles. The number of nitrogens with one attached hydrogen (secondary N) is 1. The van der Waals surface area contributed by atoms with E-state index in [2.05, 4.69) is 9.87 Å². The van der Waals surface area contributed by atoms with Crippen molar-refractivity contribution in [2.75, 3.05) is 11.4 Å².